The third-order valence-electron chi connectivity index (χ3n) is 4.81. The maximum Gasteiger partial charge on any atom is 0.408 e. The summed E-state index contributed by atoms with van der Waals surface area (Å²) >= 11 is 0. The Kier molecular flexibility index (Phi) is 9.03. The van der Waals surface area contributed by atoms with Crippen LogP contribution in [0.4, 0.5) is 4.79 Å². The van der Waals surface area contributed by atoms with Gasteiger partial charge in [0.15, 0.2) is 11.6 Å². The Balaban J connectivity index is 2.26. The molecule has 0 bridgehead atoms. The van der Waals surface area contributed by atoms with Gasteiger partial charge in [0.2, 0.25) is 0 Å². The maximum atomic E-state index is 13.1. The van der Waals surface area contributed by atoms with Crippen LogP contribution in [0, 0.1) is 0 Å². The molecule has 1 aliphatic rings. The second kappa shape index (κ2) is 11.1. The number of unbranched alkanes of at least 4 members (excludes halogenated alkanes) is 1. The van der Waals surface area contributed by atoms with Crippen LogP contribution in [0.2, 0.25) is 0 Å². The summed E-state index contributed by atoms with van der Waals surface area (Å²) in [6.45, 7) is 11.5. The van der Waals surface area contributed by atoms with Crippen molar-refractivity contribution in [2.75, 3.05) is 6.61 Å². The summed E-state index contributed by atoms with van der Waals surface area (Å²) in [7, 11) is 0. The molecule has 1 aromatic carbocycles. The minimum absolute atomic E-state index is 0.0767. The van der Waals surface area contributed by atoms with Crippen molar-refractivity contribution in [3.8, 4) is 0 Å². The van der Waals surface area contributed by atoms with E-state index < -0.39 is 35.7 Å². The van der Waals surface area contributed by atoms with Crippen molar-refractivity contribution in [2.45, 2.75) is 97.0 Å². The lowest BCUT2D eigenvalue weighted by molar-refractivity contribution is -0.154. The van der Waals surface area contributed by atoms with E-state index in [1.54, 1.807) is 34.6 Å². The van der Waals surface area contributed by atoms with E-state index in [0.29, 0.717) is 6.42 Å². The molecule has 1 fully saturated rings. The molecule has 1 aromatic rings. The Labute approximate surface area is 185 Å². The zero-order valence-electron chi connectivity index (χ0n) is 19.6. The molecule has 1 aliphatic heterocycles. The van der Waals surface area contributed by atoms with E-state index in [2.05, 4.69) is 5.32 Å². The number of carbonyl (C=O) groups excluding carboxylic acids is 2. The molecule has 0 spiro atoms. The van der Waals surface area contributed by atoms with Crippen LogP contribution in [-0.4, -0.2) is 48.1 Å². The Bertz CT molecular complexity index is 713. The number of Topliss-reactive ketones (excluding diaryl/α,β-unsaturated/α-hetero) is 1. The van der Waals surface area contributed by atoms with Crippen LogP contribution in [0.1, 0.15) is 66.4 Å². The van der Waals surface area contributed by atoms with Gasteiger partial charge in [-0.1, -0.05) is 43.7 Å². The highest BCUT2D eigenvalue weighted by Gasteiger charge is 2.44. The average molecular weight is 436 g/mol. The topological polar surface area (TPSA) is 83.1 Å². The summed E-state index contributed by atoms with van der Waals surface area (Å²) in [6, 6.07) is 8.87. The number of ether oxygens (including phenoxy) is 4. The van der Waals surface area contributed by atoms with Gasteiger partial charge in [-0.25, -0.2) is 4.79 Å². The first-order valence-electron chi connectivity index (χ1n) is 11.0. The van der Waals surface area contributed by atoms with Crippen LogP contribution in [0.5, 0.6) is 0 Å². The van der Waals surface area contributed by atoms with E-state index in [1.807, 2.05) is 37.3 Å². The molecule has 7 nitrogen and oxygen atoms in total. The highest BCUT2D eigenvalue weighted by atomic mass is 16.7. The van der Waals surface area contributed by atoms with Crippen molar-refractivity contribution in [3.05, 3.63) is 35.9 Å². The van der Waals surface area contributed by atoms with E-state index in [1.165, 1.54) is 0 Å². The third-order valence-corrected chi connectivity index (χ3v) is 4.81. The van der Waals surface area contributed by atoms with E-state index in [4.69, 9.17) is 18.9 Å². The fraction of sp³-hybridized carbons (Fsp3) is 0.667. The van der Waals surface area contributed by atoms with Gasteiger partial charge in [0, 0.05) is 6.42 Å². The SMILES string of the molecule is CCCCC(=O)C(OCc1ccccc1)C(NC(=O)OC(C)(C)C)C1COC(C)(C)O1. The Morgan fingerprint density at radius 2 is 1.90 bits per heavy atom. The largest absolute Gasteiger partial charge is 0.444 e. The highest BCUT2D eigenvalue weighted by Crippen LogP contribution is 2.27. The summed E-state index contributed by atoms with van der Waals surface area (Å²) in [5.41, 5.74) is 0.267. The van der Waals surface area contributed by atoms with Crippen molar-refractivity contribution >= 4 is 11.9 Å². The molecule has 0 aromatic heterocycles. The molecule has 174 valence electrons. The number of nitrogens with one attached hydrogen (secondary N) is 1. The molecule has 3 unspecified atom stereocenters. The lowest BCUT2D eigenvalue weighted by Crippen LogP contribution is -2.56. The molecule has 1 heterocycles. The van der Waals surface area contributed by atoms with Gasteiger partial charge < -0.3 is 24.3 Å². The second-order valence-electron chi connectivity index (χ2n) is 9.33. The average Bonchev–Trinajstić information content (AvgIpc) is 3.04. The third kappa shape index (κ3) is 8.59. The normalized spacial score (nSPS) is 20.1. The molecule has 0 aliphatic carbocycles. The highest BCUT2D eigenvalue weighted by molar-refractivity contribution is 5.84. The van der Waals surface area contributed by atoms with Crippen molar-refractivity contribution in [1.29, 1.82) is 0 Å². The lowest BCUT2D eigenvalue weighted by Gasteiger charge is -2.32. The van der Waals surface area contributed by atoms with Gasteiger partial charge in [0.25, 0.3) is 0 Å². The first-order chi connectivity index (χ1) is 14.5. The van der Waals surface area contributed by atoms with Gasteiger partial charge in [-0.15, -0.1) is 0 Å². The van der Waals surface area contributed by atoms with Crippen LogP contribution >= 0.6 is 0 Å². The standard InChI is InChI=1S/C24H37NO6/c1-7-8-14-18(26)21(28-15-17-12-10-9-11-13-17)20(19-16-29-24(5,6)30-19)25-22(27)31-23(2,3)4/h9-13,19-21H,7-8,14-16H2,1-6H3,(H,25,27). The summed E-state index contributed by atoms with van der Waals surface area (Å²) in [5.74, 6) is -0.887. The molecule has 2 rings (SSSR count). The van der Waals surface area contributed by atoms with Gasteiger partial charge in [-0.05, 0) is 46.6 Å². The maximum absolute atomic E-state index is 13.1. The number of rotatable bonds is 10. The van der Waals surface area contributed by atoms with Crippen LogP contribution in [-0.2, 0) is 30.3 Å². The molecule has 0 saturated carbocycles. The minimum atomic E-state index is -0.887. The smallest absolute Gasteiger partial charge is 0.408 e. The molecular formula is C24H37NO6. The zero-order chi connectivity index (χ0) is 23.1. The van der Waals surface area contributed by atoms with E-state index in [-0.39, 0.29) is 19.0 Å². The van der Waals surface area contributed by atoms with Crippen LogP contribution in [0.15, 0.2) is 30.3 Å². The Morgan fingerprint density at radius 1 is 1.23 bits per heavy atom. The van der Waals surface area contributed by atoms with Crippen molar-refractivity contribution in [1.82, 2.24) is 5.32 Å². The van der Waals surface area contributed by atoms with Gasteiger partial charge in [-0.3, -0.25) is 4.79 Å². The first-order valence-corrected chi connectivity index (χ1v) is 11.0. The quantitative estimate of drug-likeness (QED) is 0.587. The van der Waals surface area contributed by atoms with Gasteiger partial charge >= 0.3 is 6.09 Å². The number of alkyl carbamates (subject to hydrolysis) is 1. The minimum Gasteiger partial charge on any atom is -0.444 e. The predicted molar refractivity (Wildman–Crippen MR) is 118 cm³/mol. The number of carbonyl (C=O) groups is 2. The van der Waals surface area contributed by atoms with Gasteiger partial charge in [-0.2, -0.15) is 0 Å². The van der Waals surface area contributed by atoms with Gasteiger partial charge in [0.1, 0.15) is 17.8 Å². The fourth-order valence-electron chi connectivity index (χ4n) is 3.35. The van der Waals surface area contributed by atoms with Crippen molar-refractivity contribution in [3.63, 3.8) is 0 Å². The lowest BCUT2D eigenvalue weighted by atomic mass is 9.98. The summed E-state index contributed by atoms with van der Waals surface area (Å²) in [5, 5.41) is 2.83. The zero-order valence-corrected chi connectivity index (χ0v) is 19.6. The molecule has 31 heavy (non-hydrogen) atoms. The summed E-state index contributed by atoms with van der Waals surface area (Å²) < 4.78 is 23.3. The molecule has 1 saturated heterocycles. The van der Waals surface area contributed by atoms with Gasteiger partial charge in [0.05, 0.1) is 19.3 Å². The number of amides is 1. The van der Waals surface area contributed by atoms with Crippen LogP contribution in [0.25, 0.3) is 0 Å². The monoisotopic (exact) mass is 435 g/mol. The predicted octanol–water partition coefficient (Wildman–Crippen LogP) is 4.38. The number of ketones is 1. The van der Waals surface area contributed by atoms with E-state index >= 15 is 0 Å². The number of hydrogen-bond acceptors (Lipinski definition) is 6. The summed E-state index contributed by atoms with van der Waals surface area (Å²) in [6.07, 6.45) is -0.0638. The van der Waals surface area contributed by atoms with Crippen LogP contribution < -0.4 is 5.32 Å². The molecule has 3 atom stereocenters. The molecular weight excluding hydrogens is 398 g/mol. The fourth-order valence-corrected chi connectivity index (χ4v) is 3.35. The molecule has 7 heteroatoms. The molecule has 1 amide bonds. The van der Waals surface area contributed by atoms with E-state index in [0.717, 1.165) is 18.4 Å². The Morgan fingerprint density at radius 3 is 2.45 bits per heavy atom. The number of hydrogen-bond donors (Lipinski definition) is 1. The Hall–Kier alpha value is -1.96. The molecule has 0 radical (unpaired) electrons. The first kappa shape index (κ1) is 25.3. The van der Waals surface area contributed by atoms with Crippen molar-refractivity contribution in [2.24, 2.45) is 0 Å². The van der Waals surface area contributed by atoms with E-state index in [9.17, 15) is 9.59 Å². The number of benzene rings is 1. The molecule has 1 N–H and O–H groups in total. The summed E-state index contributed by atoms with van der Waals surface area (Å²) in [4.78, 5) is 25.7. The second-order valence-corrected chi connectivity index (χ2v) is 9.33. The van der Waals surface area contributed by atoms with Crippen molar-refractivity contribution < 1.29 is 28.5 Å². The van der Waals surface area contributed by atoms with Crippen LogP contribution in [0.3, 0.4) is 0 Å².